The smallest absolute Gasteiger partial charge is 0.325 e. The number of aromatic nitrogens is 1. The standard InChI is InChI=1S/C25H25N5O3/c1-29-15-19(23(31)26-12-11-17-13-27-20-10-6-5-9-18(17)20)21-22(29)24(32)30(25(33)28-21)14-16-7-3-2-4-8-16/h2-10,13,15,21-22,27H,11-12,14H2,1H3,(H,26,31)(H,28,33). The minimum atomic E-state index is -0.671. The fourth-order valence-electron chi connectivity index (χ4n) is 4.60. The number of rotatable bonds is 6. The summed E-state index contributed by atoms with van der Waals surface area (Å²) in [5, 5.41) is 6.93. The molecule has 8 heteroatoms. The van der Waals surface area contributed by atoms with E-state index in [0.29, 0.717) is 18.5 Å². The molecule has 2 aliphatic rings. The van der Waals surface area contributed by atoms with Crippen LogP contribution in [0.3, 0.4) is 0 Å². The summed E-state index contributed by atoms with van der Waals surface area (Å²) in [6.07, 6.45) is 4.28. The Bertz CT molecular complexity index is 1250. The Morgan fingerprint density at radius 2 is 1.82 bits per heavy atom. The van der Waals surface area contributed by atoms with E-state index in [-0.39, 0.29) is 18.4 Å². The predicted molar refractivity (Wildman–Crippen MR) is 124 cm³/mol. The lowest BCUT2D eigenvalue weighted by Gasteiger charge is -2.37. The third kappa shape index (κ3) is 3.84. The molecule has 3 heterocycles. The highest BCUT2D eigenvalue weighted by Crippen LogP contribution is 2.27. The quantitative estimate of drug-likeness (QED) is 0.544. The zero-order chi connectivity index (χ0) is 22.9. The van der Waals surface area contributed by atoms with Gasteiger partial charge < -0.3 is 20.5 Å². The summed E-state index contributed by atoms with van der Waals surface area (Å²) in [5.74, 6) is -0.591. The van der Waals surface area contributed by atoms with Gasteiger partial charge in [0.25, 0.3) is 11.8 Å². The molecule has 2 aliphatic heterocycles. The van der Waals surface area contributed by atoms with Gasteiger partial charge in [-0.3, -0.25) is 14.5 Å². The molecule has 1 aromatic heterocycles. The SMILES string of the molecule is CN1C=C(C(=O)NCCc2c[nH]c3ccccc23)C2NC(=O)N(Cc3ccccc3)C(=O)C21. The molecule has 5 rings (SSSR count). The zero-order valence-electron chi connectivity index (χ0n) is 18.2. The van der Waals surface area contributed by atoms with Gasteiger partial charge in [-0.25, -0.2) is 4.79 Å². The monoisotopic (exact) mass is 443 g/mol. The maximum absolute atomic E-state index is 13.1. The van der Waals surface area contributed by atoms with Gasteiger partial charge in [-0.2, -0.15) is 0 Å². The van der Waals surface area contributed by atoms with Crippen LogP contribution in [-0.4, -0.2) is 58.3 Å². The van der Waals surface area contributed by atoms with E-state index in [9.17, 15) is 14.4 Å². The highest BCUT2D eigenvalue weighted by Gasteiger charge is 2.49. The van der Waals surface area contributed by atoms with Gasteiger partial charge in [-0.1, -0.05) is 48.5 Å². The molecular formula is C25H25N5O3. The van der Waals surface area contributed by atoms with Gasteiger partial charge in [0.2, 0.25) is 0 Å². The molecule has 1 saturated heterocycles. The summed E-state index contributed by atoms with van der Waals surface area (Å²) >= 11 is 0. The highest BCUT2D eigenvalue weighted by atomic mass is 16.2. The number of benzene rings is 2. The summed E-state index contributed by atoms with van der Waals surface area (Å²) in [6.45, 7) is 0.635. The van der Waals surface area contributed by atoms with Gasteiger partial charge >= 0.3 is 6.03 Å². The Morgan fingerprint density at radius 3 is 2.64 bits per heavy atom. The van der Waals surface area contributed by atoms with Crippen LogP contribution in [-0.2, 0) is 22.6 Å². The van der Waals surface area contributed by atoms with Crippen molar-refractivity contribution in [3.63, 3.8) is 0 Å². The first-order valence-electron chi connectivity index (χ1n) is 11.0. The summed E-state index contributed by atoms with van der Waals surface area (Å²) in [4.78, 5) is 45.0. The van der Waals surface area contributed by atoms with E-state index in [2.05, 4.69) is 15.6 Å². The van der Waals surface area contributed by atoms with Crippen molar-refractivity contribution in [2.45, 2.75) is 25.0 Å². The van der Waals surface area contributed by atoms with E-state index in [1.807, 2.05) is 60.8 Å². The number of aromatic amines is 1. The molecule has 2 atom stereocenters. The van der Waals surface area contributed by atoms with Crippen LogP contribution in [0.4, 0.5) is 4.79 Å². The van der Waals surface area contributed by atoms with Crippen LogP contribution in [0, 0.1) is 0 Å². The van der Waals surface area contributed by atoms with Crippen molar-refractivity contribution in [2.75, 3.05) is 13.6 Å². The Hall–Kier alpha value is -4.07. The van der Waals surface area contributed by atoms with Gasteiger partial charge in [0.15, 0.2) is 0 Å². The first-order valence-corrected chi connectivity index (χ1v) is 11.0. The average molecular weight is 444 g/mol. The topological polar surface area (TPSA) is 97.5 Å². The number of likely N-dealkylation sites (N-methyl/N-ethyl adjacent to an activating group) is 1. The fraction of sp³-hybridized carbons (Fsp3) is 0.240. The maximum atomic E-state index is 13.1. The Balaban J connectivity index is 1.24. The number of hydrogen-bond acceptors (Lipinski definition) is 4. The van der Waals surface area contributed by atoms with Crippen molar-refractivity contribution in [3.05, 3.63) is 83.7 Å². The predicted octanol–water partition coefficient (Wildman–Crippen LogP) is 2.15. The molecule has 2 unspecified atom stereocenters. The second-order valence-corrected chi connectivity index (χ2v) is 8.40. The van der Waals surface area contributed by atoms with Crippen LogP contribution in [0.1, 0.15) is 11.1 Å². The van der Waals surface area contributed by atoms with Crippen LogP contribution < -0.4 is 10.6 Å². The van der Waals surface area contributed by atoms with Crippen molar-refractivity contribution >= 4 is 28.7 Å². The molecule has 2 aromatic carbocycles. The van der Waals surface area contributed by atoms with Crippen LogP contribution >= 0.6 is 0 Å². The molecule has 1 fully saturated rings. The largest absolute Gasteiger partial charge is 0.366 e. The first-order chi connectivity index (χ1) is 16.0. The minimum absolute atomic E-state index is 0.189. The molecule has 33 heavy (non-hydrogen) atoms. The number of H-pyrrole nitrogens is 1. The Kier molecular flexibility index (Phi) is 5.34. The summed E-state index contributed by atoms with van der Waals surface area (Å²) in [6, 6.07) is 15.6. The van der Waals surface area contributed by atoms with Crippen molar-refractivity contribution in [1.29, 1.82) is 0 Å². The lowest BCUT2D eigenvalue weighted by molar-refractivity contribution is -0.135. The van der Waals surface area contributed by atoms with Crippen molar-refractivity contribution in [3.8, 4) is 0 Å². The number of urea groups is 1. The normalized spacial score (nSPS) is 20.0. The number of nitrogens with zero attached hydrogens (tertiary/aromatic N) is 2. The van der Waals surface area contributed by atoms with Gasteiger partial charge in [0.1, 0.15) is 6.04 Å². The molecule has 3 aromatic rings. The number of carbonyl (C=O) groups excluding carboxylic acids is 3. The third-order valence-electron chi connectivity index (χ3n) is 6.28. The summed E-state index contributed by atoms with van der Waals surface area (Å²) in [7, 11) is 1.75. The molecular weight excluding hydrogens is 418 g/mol. The van der Waals surface area contributed by atoms with Crippen molar-refractivity contribution in [1.82, 2.24) is 25.4 Å². The number of carbonyl (C=O) groups is 3. The van der Waals surface area contributed by atoms with Crippen molar-refractivity contribution < 1.29 is 14.4 Å². The molecule has 0 spiro atoms. The number of fused-ring (bicyclic) bond motifs is 2. The van der Waals surface area contributed by atoms with E-state index < -0.39 is 18.1 Å². The zero-order valence-corrected chi connectivity index (χ0v) is 18.2. The van der Waals surface area contributed by atoms with E-state index in [1.54, 1.807) is 18.1 Å². The first kappa shape index (κ1) is 20.8. The molecule has 0 bridgehead atoms. The van der Waals surface area contributed by atoms with E-state index in [0.717, 1.165) is 22.0 Å². The van der Waals surface area contributed by atoms with E-state index >= 15 is 0 Å². The van der Waals surface area contributed by atoms with Crippen molar-refractivity contribution in [2.24, 2.45) is 0 Å². The summed E-state index contributed by atoms with van der Waals surface area (Å²) < 4.78 is 0. The lowest BCUT2D eigenvalue weighted by Crippen LogP contribution is -2.64. The minimum Gasteiger partial charge on any atom is -0.366 e. The maximum Gasteiger partial charge on any atom is 0.325 e. The molecule has 168 valence electrons. The van der Waals surface area contributed by atoms with Gasteiger partial charge in [0, 0.05) is 36.9 Å². The Morgan fingerprint density at radius 1 is 1.06 bits per heavy atom. The van der Waals surface area contributed by atoms with E-state index in [4.69, 9.17) is 0 Å². The number of para-hydroxylation sites is 1. The van der Waals surface area contributed by atoms with Crippen LogP contribution in [0.2, 0.25) is 0 Å². The number of hydrogen-bond donors (Lipinski definition) is 3. The number of nitrogens with one attached hydrogen (secondary N) is 3. The van der Waals surface area contributed by atoms with Gasteiger partial charge in [-0.05, 0) is 23.6 Å². The van der Waals surface area contributed by atoms with Crippen LogP contribution in [0.5, 0.6) is 0 Å². The number of imide groups is 1. The van der Waals surface area contributed by atoms with Gasteiger partial charge in [-0.15, -0.1) is 0 Å². The van der Waals surface area contributed by atoms with Crippen LogP contribution in [0.15, 0.2) is 72.6 Å². The molecule has 0 aliphatic carbocycles. The Labute approximate surface area is 191 Å². The average Bonchev–Trinajstić information content (AvgIpc) is 3.38. The molecule has 3 N–H and O–H groups in total. The third-order valence-corrected chi connectivity index (χ3v) is 6.28. The van der Waals surface area contributed by atoms with Gasteiger partial charge in [0.05, 0.1) is 18.2 Å². The second-order valence-electron chi connectivity index (χ2n) is 8.40. The molecule has 8 nitrogen and oxygen atoms in total. The number of amides is 4. The van der Waals surface area contributed by atoms with E-state index in [1.165, 1.54) is 4.90 Å². The molecule has 4 amide bonds. The summed E-state index contributed by atoms with van der Waals surface area (Å²) in [5.41, 5.74) is 3.44. The molecule has 0 radical (unpaired) electrons. The molecule has 0 saturated carbocycles. The lowest BCUT2D eigenvalue weighted by atomic mass is 9.99. The second kappa shape index (κ2) is 8.46. The van der Waals surface area contributed by atoms with Crippen LogP contribution in [0.25, 0.3) is 10.9 Å². The fourth-order valence-corrected chi connectivity index (χ4v) is 4.60. The highest BCUT2D eigenvalue weighted by molar-refractivity contribution is 6.05.